The minimum atomic E-state index is -0.540. The van der Waals surface area contributed by atoms with Gasteiger partial charge in [-0.15, -0.1) is 0 Å². The number of carbonyl (C=O) groups excluding carboxylic acids is 2. The van der Waals surface area contributed by atoms with Crippen LogP contribution in [0.4, 0.5) is 5.69 Å². The molecule has 26 heavy (non-hydrogen) atoms. The Morgan fingerprint density at radius 3 is 2.77 bits per heavy atom. The van der Waals surface area contributed by atoms with Crippen LogP contribution in [0, 0.1) is 12.8 Å². The standard InChI is InChI=1S/C20H19N3O3/c1-3-13-18(14-8-11(2)4-7-17(14)24)23(20(26)19(13)25)12-5-6-15-16(9-12)22-10-21-15/h4-10,13,18,24H,3H2,1-2H3,(H,21,22). The van der Waals surface area contributed by atoms with E-state index in [-0.39, 0.29) is 5.75 Å². The number of hydrogen-bond donors (Lipinski definition) is 2. The molecule has 6 heteroatoms. The number of nitrogens with zero attached hydrogens (tertiary/aromatic N) is 2. The number of Topliss-reactive ketones (excluding diaryl/α,β-unsaturated/α-hetero) is 1. The van der Waals surface area contributed by atoms with E-state index >= 15 is 0 Å². The second-order valence-corrected chi connectivity index (χ2v) is 6.67. The molecule has 1 amide bonds. The lowest BCUT2D eigenvalue weighted by atomic mass is 9.89. The molecule has 3 aromatic rings. The third-order valence-electron chi connectivity index (χ3n) is 5.05. The molecule has 2 atom stereocenters. The molecule has 2 aromatic carbocycles. The Morgan fingerprint density at radius 1 is 1.19 bits per heavy atom. The third-order valence-corrected chi connectivity index (χ3v) is 5.05. The highest BCUT2D eigenvalue weighted by atomic mass is 16.3. The van der Waals surface area contributed by atoms with E-state index in [1.165, 1.54) is 4.90 Å². The van der Waals surface area contributed by atoms with Gasteiger partial charge in [0.1, 0.15) is 5.75 Å². The molecule has 0 spiro atoms. The number of imidazole rings is 1. The summed E-state index contributed by atoms with van der Waals surface area (Å²) in [5.41, 5.74) is 3.75. The van der Waals surface area contributed by atoms with Crippen molar-refractivity contribution in [3.05, 3.63) is 53.9 Å². The van der Waals surface area contributed by atoms with E-state index in [4.69, 9.17) is 0 Å². The van der Waals surface area contributed by atoms with Crippen LogP contribution in [-0.2, 0) is 9.59 Å². The Balaban J connectivity index is 1.90. The maximum absolute atomic E-state index is 12.8. The lowest BCUT2D eigenvalue weighted by Gasteiger charge is -2.28. The highest BCUT2D eigenvalue weighted by molar-refractivity contribution is 6.45. The van der Waals surface area contributed by atoms with Crippen LogP contribution in [-0.4, -0.2) is 26.8 Å². The first kappa shape index (κ1) is 16.3. The molecule has 1 aromatic heterocycles. The average Bonchev–Trinajstić information content (AvgIpc) is 3.19. The van der Waals surface area contributed by atoms with Crippen LogP contribution in [0.25, 0.3) is 11.0 Å². The van der Waals surface area contributed by atoms with E-state index in [1.54, 1.807) is 24.5 Å². The Hall–Kier alpha value is -3.15. The minimum Gasteiger partial charge on any atom is -0.508 e. The summed E-state index contributed by atoms with van der Waals surface area (Å²) in [6.45, 7) is 3.81. The van der Waals surface area contributed by atoms with E-state index < -0.39 is 23.7 Å². The van der Waals surface area contributed by atoms with Gasteiger partial charge >= 0.3 is 0 Å². The molecule has 0 bridgehead atoms. The number of nitrogens with one attached hydrogen (secondary N) is 1. The number of hydrogen-bond acceptors (Lipinski definition) is 4. The van der Waals surface area contributed by atoms with E-state index in [1.807, 2.05) is 32.0 Å². The number of aryl methyl sites for hydroxylation is 1. The lowest BCUT2D eigenvalue weighted by molar-refractivity contribution is -0.135. The van der Waals surface area contributed by atoms with Crippen molar-refractivity contribution in [2.75, 3.05) is 4.90 Å². The van der Waals surface area contributed by atoms with Crippen molar-refractivity contribution < 1.29 is 14.7 Å². The van der Waals surface area contributed by atoms with Crippen LogP contribution in [0.1, 0.15) is 30.5 Å². The van der Waals surface area contributed by atoms with Gasteiger partial charge in [0.15, 0.2) is 0 Å². The number of phenolic OH excluding ortho intramolecular Hbond substituents is 1. The zero-order valence-corrected chi connectivity index (χ0v) is 14.6. The van der Waals surface area contributed by atoms with Gasteiger partial charge in [0.2, 0.25) is 5.78 Å². The van der Waals surface area contributed by atoms with E-state index in [0.717, 1.165) is 16.6 Å². The molecular formula is C20H19N3O3. The average molecular weight is 349 g/mol. The zero-order valence-electron chi connectivity index (χ0n) is 14.6. The maximum Gasteiger partial charge on any atom is 0.295 e. The van der Waals surface area contributed by atoms with Gasteiger partial charge < -0.3 is 10.1 Å². The number of amides is 1. The van der Waals surface area contributed by atoms with Gasteiger partial charge in [-0.3, -0.25) is 14.5 Å². The van der Waals surface area contributed by atoms with Crippen LogP contribution in [0.2, 0.25) is 0 Å². The van der Waals surface area contributed by atoms with Crippen LogP contribution in [0.15, 0.2) is 42.7 Å². The first-order valence-corrected chi connectivity index (χ1v) is 8.61. The number of aromatic nitrogens is 2. The van der Waals surface area contributed by atoms with Gasteiger partial charge in [0.05, 0.1) is 29.3 Å². The first-order chi connectivity index (χ1) is 12.5. The van der Waals surface area contributed by atoms with Gasteiger partial charge in [-0.25, -0.2) is 4.98 Å². The third kappa shape index (κ3) is 2.37. The molecule has 0 radical (unpaired) electrons. The van der Waals surface area contributed by atoms with E-state index in [2.05, 4.69) is 9.97 Å². The second-order valence-electron chi connectivity index (χ2n) is 6.67. The van der Waals surface area contributed by atoms with E-state index in [0.29, 0.717) is 17.7 Å². The summed E-state index contributed by atoms with van der Waals surface area (Å²) >= 11 is 0. The summed E-state index contributed by atoms with van der Waals surface area (Å²) in [6.07, 6.45) is 2.11. The number of aromatic amines is 1. The SMILES string of the molecule is CCC1C(=O)C(=O)N(c2ccc3nc[nH]c3c2)C1c1cc(C)ccc1O. The second kappa shape index (κ2) is 5.98. The minimum absolute atomic E-state index is 0.0918. The molecule has 0 saturated carbocycles. The van der Waals surface area contributed by atoms with Crippen molar-refractivity contribution in [2.24, 2.45) is 5.92 Å². The maximum atomic E-state index is 12.8. The number of benzene rings is 2. The summed E-state index contributed by atoms with van der Waals surface area (Å²) in [5, 5.41) is 10.4. The zero-order chi connectivity index (χ0) is 18.4. The van der Waals surface area contributed by atoms with Crippen molar-refractivity contribution in [3.8, 4) is 5.75 Å². The van der Waals surface area contributed by atoms with Crippen molar-refractivity contribution >= 4 is 28.4 Å². The summed E-state index contributed by atoms with van der Waals surface area (Å²) in [7, 11) is 0. The van der Waals surface area contributed by atoms with Crippen LogP contribution in [0.5, 0.6) is 5.75 Å². The molecule has 1 fully saturated rings. The van der Waals surface area contributed by atoms with Crippen molar-refractivity contribution in [1.29, 1.82) is 0 Å². The summed E-state index contributed by atoms with van der Waals surface area (Å²) in [6, 6.07) is 10.1. The normalized spacial score (nSPS) is 20.3. The Bertz CT molecular complexity index is 1020. The first-order valence-electron chi connectivity index (χ1n) is 8.61. The van der Waals surface area contributed by atoms with Gasteiger partial charge in [-0.05, 0) is 37.6 Å². The predicted octanol–water partition coefficient (Wildman–Crippen LogP) is 3.26. The topological polar surface area (TPSA) is 86.3 Å². The molecule has 2 unspecified atom stereocenters. The van der Waals surface area contributed by atoms with Gasteiger partial charge in [-0.1, -0.05) is 24.6 Å². The highest BCUT2D eigenvalue weighted by Gasteiger charge is 2.48. The van der Waals surface area contributed by atoms with Crippen molar-refractivity contribution in [1.82, 2.24) is 9.97 Å². The monoisotopic (exact) mass is 349 g/mol. The fourth-order valence-corrected chi connectivity index (χ4v) is 3.75. The number of phenols is 1. The number of rotatable bonds is 3. The Morgan fingerprint density at radius 2 is 2.00 bits per heavy atom. The molecule has 1 aliphatic rings. The van der Waals surface area contributed by atoms with Crippen molar-refractivity contribution in [2.45, 2.75) is 26.3 Å². The quantitative estimate of drug-likeness (QED) is 0.711. The number of anilines is 1. The number of ketones is 1. The van der Waals surface area contributed by atoms with E-state index in [9.17, 15) is 14.7 Å². The molecule has 6 nitrogen and oxygen atoms in total. The summed E-state index contributed by atoms with van der Waals surface area (Å²) in [5.74, 6) is -1.36. The molecule has 1 saturated heterocycles. The van der Waals surface area contributed by atoms with Gasteiger partial charge in [0.25, 0.3) is 5.91 Å². The van der Waals surface area contributed by atoms with Crippen LogP contribution in [0.3, 0.4) is 0 Å². The largest absolute Gasteiger partial charge is 0.508 e. The summed E-state index contributed by atoms with van der Waals surface area (Å²) < 4.78 is 0. The molecule has 4 rings (SSSR count). The van der Waals surface area contributed by atoms with Gasteiger partial charge in [-0.2, -0.15) is 0 Å². The molecule has 2 N–H and O–H groups in total. The molecular weight excluding hydrogens is 330 g/mol. The van der Waals surface area contributed by atoms with Crippen molar-refractivity contribution in [3.63, 3.8) is 0 Å². The number of H-pyrrole nitrogens is 1. The molecule has 2 heterocycles. The molecule has 132 valence electrons. The summed E-state index contributed by atoms with van der Waals surface area (Å²) in [4.78, 5) is 34.1. The lowest BCUT2D eigenvalue weighted by Crippen LogP contribution is -2.29. The van der Waals surface area contributed by atoms with Crippen LogP contribution >= 0.6 is 0 Å². The fraction of sp³-hybridized carbons (Fsp3) is 0.250. The Kier molecular flexibility index (Phi) is 3.76. The smallest absolute Gasteiger partial charge is 0.295 e. The number of fused-ring (bicyclic) bond motifs is 1. The Labute approximate surface area is 150 Å². The van der Waals surface area contributed by atoms with Crippen LogP contribution < -0.4 is 4.90 Å². The predicted molar refractivity (Wildman–Crippen MR) is 98.0 cm³/mol. The van der Waals surface area contributed by atoms with Gasteiger partial charge in [0, 0.05) is 11.3 Å². The molecule has 1 aliphatic heterocycles. The molecule has 0 aliphatic carbocycles. The number of carbonyl (C=O) groups is 2. The fourth-order valence-electron chi connectivity index (χ4n) is 3.75. The number of aromatic hydroxyl groups is 1. The highest BCUT2D eigenvalue weighted by Crippen LogP contribution is 2.44.